The van der Waals surface area contributed by atoms with E-state index in [4.69, 9.17) is 0 Å². The van der Waals surface area contributed by atoms with Crippen LogP contribution in [-0.2, 0) is 7.05 Å². The molecule has 0 radical (unpaired) electrons. The molecule has 3 aromatic heterocycles. The molecule has 10 heteroatoms. The molecule has 3 heterocycles. The molecule has 0 saturated carbocycles. The lowest BCUT2D eigenvalue weighted by molar-refractivity contribution is 0.0954. The van der Waals surface area contributed by atoms with Gasteiger partial charge in [0.1, 0.15) is 11.3 Å². The van der Waals surface area contributed by atoms with E-state index in [9.17, 15) is 9.59 Å². The summed E-state index contributed by atoms with van der Waals surface area (Å²) in [5.74, 6) is 0.560. The highest BCUT2D eigenvalue weighted by Gasteiger charge is 2.13. The molecular weight excluding hydrogens is 360 g/mol. The Morgan fingerprint density at radius 3 is 2.92 bits per heavy atom. The van der Waals surface area contributed by atoms with E-state index in [1.165, 1.54) is 29.3 Å². The molecule has 0 fully saturated rings. The summed E-state index contributed by atoms with van der Waals surface area (Å²) in [5, 5.41) is 6.27. The molecule has 1 amide bonds. The van der Waals surface area contributed by atoms with E-state index in [0.717, 1.165) is 10.2 Å². The summed E-state index contributed by atoms with van der Waals surface area (Å²) in [6.07, 6.45) is 4.86. The van der Waals surface area contributed by atoms with Gasteiger partial charge in [0.15, 0.2) is 11.0 Å². The van der Waals surface area contributed by atoms with Crippen LogP contribution in [0.4, 0.5) is 0 Å². The van der Waals surface area contributed by atoms with Crippen LogP contribution in [0.15, 0.2) is 33.9 Å². The van der Waals surface area contributed by atoms with Gasteiger partial charge in [0.25, 0.3) is 11.5 Å². The SMILES string of the molecule is Cc1nc(-c2ncc(C(=O)NCCSc3nccn3C)c(=O)[nH]2)cs1. The summed E-state index contributed by atoms with van der Waals surface area (Å²) in [4.78, 5) is 39.4. The van der Waals surface area contributed by atoms with Gasteiger partial charge < -0.3 is 14.9 Å². The van der Waals surface area contributed by atoms with Gasteiger partial charge in [-0.05, 0) is 6.92 Å². The van der Waals surface area contributed by atoms with Crippen LogP contribution in [0.3, 0.4) is 0 Å². The minimum atomic E-state index is -0.482. The molecule has 0 aliphatic carbocycles. The van der Waals surface area contributed by atoms with Crippen LogP contribution in [0, 0.1) is 6.92 Å². The van der Waals surface area contributed by atoms with Gasteiger partial charge in [-0.15, -0.1) is 11.3 Å². The Morgan fingerprint density at radius 2 is 2.28 bits per heavy atom. The van der Waals surface area contributed by atoms with Crippen molar-refractivity contribution in [1.82, 2.24) is 29.8 Å². The maximum Gasteiger partial charge on any atom is 0.264 e. The Hall–Kier alpha value is -2.46. The molecular formula is C15H16N6O2S2. The number of H-pyrrole nitrogens is 1. The van der Waals surface area contributed by atoms with Crippen molar-refractivity contribution in [3.63, 3.8) is 0 Å². The van der Waals surface area contributed by atoms with E-state index in [2.05, 4.69) is 25.3 Å². The minimum absolute atomic E-state index is 0.0160. The first-order valence-electron chi connectivity index (χ1n) is 7.44. The number of nitrogens with one attached hydrogen (secondary N) is 2. The Labute approximate surface area is 151 Å². The molecule has 2 N–H and O–H groups in total. The van der Waals surface area contributed by atoms with Crippen molar-refractivity contribution in [2.75, 3.05) is 12.3 Å². The third kappa shape index (κ3) is 4.15. The quantitative estimate of drug-likeness (QED) is 0.498. The maximum absolute atomic E-state index is 12.1. The molecule has 3 rings (SSSR count). The second-order valence-electron chi connectivity index (χ2n) is 5.15. The van der Waals surface area contributed by atoms with E-state index in [1.54, 1.807) is 6.20 Å². The number of imidazole rings is 1. The number of amides is 1. The standard InChI is InChI=1S/C15H16N6O2S2/c1-9-19-11(8-25-9)12-18-7-10(14(23)20-12)13(22)16-4-6-24-15-17-3-5-21(15)2/h3,5,7-8H,4,6H2,1-2H3,(H,16,22)(H,18,20,23). The third-order valence-electron chi connectivity index (χ3n) is 3.30. The first-order valence-corrected chi connectivity index (χ1v) is 9.31. The zero-order valence-electron chi connectivity index (χ0n) is 13.6. The van der Waals surface area contributed by atoms with Crippen LogP contribution in [0.1, 0.15) is 15.4 Å². The zero-order valence-corrected chi connectivity index (χ0v) is 15.3. The van der Waals surface area contributed by atoms with Crippen LogP contribution in [0.5, 0.6) is 0 Å². The lowest BCUT2D eigenvalue weighted by Crippen LogP contribution is -2.31. The predicted octanol–water partition coefficient (Wildman–Crippen LogP) is 1.46. The average molecular weight is 376 g/mol. The smallest absolute Gasteiger partial charge is 0.264 e. The van der Waals surface area contributed by atoms with Gasteiger partial charge in [0.2, 0.25) is 0 Å². The van der Waals surface area contributed by atoms with Gasteiger partial charge >= 0.3 is 0 Å². The average Bonchev–Trinajstić information content (AvgIpc) is 3.20. The molecule has 3 aromatic rings. The molecule has 25 heavy (non-hydrogen) atoms. The topological polar surface area (TPSA) is 106 Å². The summed E-state index contributed by atoms with van der Waals surface area (Å²) < 4.78 is 1.90. The zero-order chi connectivity index (χ0) is 17.8. The Balaban J connectivity index is 1.58. The van der Waals surface area contributed by atoms with E-state index < -0.39 is 11.5 Å². The van der Waals surface area contributed by atoms with Crippen LogP contribution in [0.2, 0.25) is 0 Å². The Bertz CT molecular complexity index is 945. The van der Waals surface area contributed by atoms with Gasteiger partial charge in [0.05, 0.1) is 5.01 Å². The number of aromatic nitrogens is 5. The highest BCUT2D eigenvalue weighted by Crippen LogP contribution is 2.16. The fourth-order valence-electron chi connectivity index (χ4n) is 2.05. The van der Waals surface area contributed by atoms with Gasteiger partial charge in [0, 0.05) is 43.3 Å². The van der Waals surface area contributed by atoms with Gasteiger partial charge in [-0.25, -0.2) is 15.0 Å². The summed E-state index contributed by atoms with van der Waals surface area (Å²) in [6.45, 7) is 2.29. The normalized spacial score (nSPS) is 10.8. The number of hydrogen-bond donors (Lipinski definition) is 2. The molecule has 0 saturated heterocycles. The highest BCUT2D eigenvalue weighted by molar-refractivity contribution is 7.99. The maximum atomic E-state index is 12.1. The first kappa shape index (κ1) is 17.4. The van der Waals surface area contributed by atoms with Gasteiger partial charge in [-0.3, -0.25) is 9.59 Å². The van der Waals surface area contributed by atoms with E-state index in [-0.39, 0.29) is 5.56 Å². The van der Waals surface area contributed by atoms with Crippen molar-refractivity contribution in [3.8, 4) is 11.5 Å². The van der Waals surface area contributed by atoms with Crippen LogP contribution < -0.4 is 10.9 Å². The second kappa shape index (κ2) is 7.62. The van der Waals surface area contributed by atoms with E-state index in [0.29, 0.717) is 23.8 Å². The largest absolute Gasteiger partial charge is 0.351 e. The number of thioether (sulfide) groups is 1. The van der Waals surface area contributed by atoms with Gasteiger partial charge in [-0.1, -0.05) is 11.8 Å². The molecule has 0 aliphatic heterocycles. The number of nitrogens with zero attached hydrogens (tertiary/aromatic N) is 4. The summed E-state index contributed by atoms with van der Waals surface area (Å²) in [5.41, 5.74) is 0.0978. The molecule has 0 atom stereocenters. The van der Waals surface area contributed by atoms with Crippen molar-refractivity contribution < 1.29 is 4.79 Å². The third-order valence-corrected chi connectivity index (χ3v) is 5.13. The van der Waals surface area contributed by atoms with Gasteiger partial charge in [-0.2, -0.15) is 0 Å². The second-order valence-corrected chi connectivity index (χ2v) is 7.28. The lowest BCUT2D eigenvalue weighted by Gasteiger charge is -2.05. The molecule has 0 aliphatic rings. The molecule has 0 unspecified atom stereocenters. The number of carbonyl (C=O) groups excluding carboxylic acids is 1. The van der Waals surface area contributed by atoms with Crippen LogP contribution in [0.25, 0.3) is 11.5 Å². The van der Waals surface area contributed by atoms with Crippen molar-refractivity contribution in [2.24, 2.45) is 7.05 Å². The van der Waals surface area contributed by atoms with E-state index >= 15 is 0 Å². The molecule has 0 aromatic carbocycles. The lowest BCUT2D eigenvalue weighted by atomic mass is 10.3. The number of aromatic amines is 1. The summed E-state index contributed by atoms with van der Waals surface area (Å²) in [6, 6.07) is 0. The summed E-state index contributed by atoms with van der Waals surface area (Å²) >= 11 is 2.99. The fraction of sp³-hybridized carbons (Fsp3) is 0.267. The monoisotopic (exact) mass is 376 g/mol. The number of rotatable bonds is 6. The fourth-order valence-corrected chi connectivity index (χ4v) is 3.44. The van der Waals surface area contributed by atoms with Crippen LogP contribution in [-0.4, -0.2) is 42.7 Å². The van der Waals surface area contributed by atoms with E-state index in [1.807, 2.05) is 30.1 Å². The van der Waals surface area contributed by atoms with Crippen molar-refractivity contribution in [1.29, 1.82) is 0 Å². The summed E-state index contributed by atoms with van der Waals surface area (Å²) in [7, 11) is 1.91. The van der Waals surface area contributed by atoms with Crippen molar-refractivity contribution in [3.05, 3.63) is 44.9 Å². The number of carbonyl (C=O) groups is 1. The minimum Gasteiger partial charge on any atom is -0.351 e. The molecule has 130 valence electrons. The number of aryl methyl sites for hydroxylation is 2. The molecule has 0 bridgehead atoms. The van der Waals surface area contributed by atoms with Crippen LogP contribution >= 0.6 is 23.1 Å². The highest BCUT2D eigenvalue weighted by atomic mass is 32.2. The molecule has 0 spiro atoms. The van der Waals surface area contributed by atoms with Crippen molar-refractivity contribution >= 4 is 29.0 Å². The number of hydrogen-bond acceptors (Lipinski definition) is 7. The predicted molar refractivity (Wildman–Crippen MR) is 97.0 cm³/mol. The Morgan fingerprint density at radius 1 is 1.44 bits per heavy atom. The molecule has 8 nitrogen and oxygen atoms in total. The van der Waals surface area contributed by atoms with Crippen molar-refractivity contribution in [2.45, 2.75) is 12.1 Å². The first-order chi connectivity index (χ1) is 12.0. The Kier molecular flexibility index (Phi) is 5.29. The number of thiazole rings is 1.